The molecule has 134 valence electrons. The van der Waals surface area contributed by atoms with Gasteiger partial charge in [-0.05, 0) is 48.7 Å². The van der Waals surface area contributed by atoms with Gasteiger partial charge >= 0.3 is 0 Å². The predicted octanol–water partition coefficient (Wildman–Crippen LogP) is 4.62. The number of amides is 1. The highest BCUT2D eigenvalue weighted by Crippen LogP contribution is 2.30. The third kappa shape index (κ3) is 6.01. The smallest absolute Gasteiger partial charge is 0.245 e. The number of nitrogens with one attached hydrogen (secondary N) is 1. The molecule has 25 heavy (non-hydrogen) atoms. The first-order valence-electron chi connectivity index (χ1n) is 8.08. The summed E-state index contributed by atoms with van der Waals surface area (Å²) >= 11 is 12.0. The minimum Gasteiger partial charge on any atom is -0.377 e. The molecule has 0 aliphatic heterocycles. The molecule has 0 saturated carbocycles. The zero-order valence-corrected chi connectivity index (χ0v) is 15.4. The van der Waals surface area contributed by atoms with E-state index in [-0.39, 0.29) is 18.4 Å². The van der Waals surface area contributed by atoms with Gasteiger partial charge in [-0.15, -0.1) is 0 Å². The van der Waals surface area contributed by atoms with E-state index in [1.54, 1.807) is 5.48 Å². The van der Waals surface area contributed by atoms with E-state index in [1.807, 2.05) is 55.5 Å². The summed E-state index contributed by atoms with van der Waals surface area (Å²) in [5, 5.41) is 10.2. The number of rotatable bonds is 8. The third-order valence-corrected chi connectivity index (χ3v) is 4.51. The van der Waals surface area contributed by atoms with E-state index in [1.165, 1.54) is 0 Å². The van der Waals surface area contributed by atoms with Crippen LogP contribution in [0, 0.1) is 0 Å². The lowest BCUT2D eigenvalue weighted by atomic mass is 9.85. The minimum absolute atomic E-state index is 0.0607. The molecule has 2 aromatic carbocycles. The van der Waals surface area contributed by atoms with Gasteiger partial charge in [-0.2, -0.15) is 0 Å². The van der Waals surface area contributed by atoms with Gasteiger partial charge in [-0.3, -0.25) is 10.0 Å². The summed E-state index contributed by atoms with van der Waals surface area (Å²) < 4.78 is 5.83. The summed E-state index contributed by atoms with van der Waals surface area (Å²) in [6, 6.07) is 15.1. The fraction of sp³-hybridized carbons (Fsp3) is 0.316. The summed E-state index contributed by atoms with van der Waals surface area (Å²) in [7, 11) is 0. The normalized spacial score (nSPS) is 13.3. The van der Waals surface area contributed by atoms with E-state index >= 15 is 0 Å². The zero-order chi connectivity index (χ0) is 18.2. The highest BCUT2D eigenvalue weighted by atomic mass is 35.5. The zero-order valence-electron chi connectivity index (χ0n) is 13.9. The van der Waals surface area contributed by atoms with Crippen molar-refractivity contribution in [3.63, 3.8) is 0 Å². The number of hydrogen-bond donors (Lipinski definition) is 2. The summed E-state index contributed by atoms with van der Waals surface area (Å²) in [6.45, 7) is 2.35. The second-order valence-electron chi connectivity index (χ2n) is 5.72. The predicted molar refractivity (Wildman–Crippen MR) is 99.3 cm³/mol. The molecule has 0 radical (unpaired) electrons. The first kappa shape index (κ1) is 19.7. The first-order chi connectivity index (χ1) is 12.0. The minimum atomic E-state index is -0.478. The summed E-state index contributed by atoms with van der Waals surface area (Å²) in [4.78, 5) is 11.7. The maximum Gasteiger partial charge on any atom is 0.245 e. The Morgan fingerprint density at radius 2 is 1.64 bits per heavy atom. The molecule has 4 nitrogen and oxygen atoms in total. The summed E-state index contributed by atoms with van der Waals surface area (Å²) in [6.07, 6.45) is 0.349. The van der Waals surface area contributed by atoms with Crippen molar-refractivity contribution in [2.75, 3.05) is 6.61 Å². The Balaban J connectivity index is 2.32. The second-order valence-corrected chi connectivity index (χ2v) is 6.59. The van der Waals surface area contributed by atoms with Crippen LogP contribution in [-0.4, -0.2) is 23.8 Å². The van der Waals surface area contributed by atoms with Crippen molar-refractivity contribution in [3.8, 4) is 0 Å². The number of ether oxygens (including phenoxy) is 1. The van der Waals surface area contributed by atoms with Crippen molar-refractivity contribution in [1.29, 1.82) is 0 Å². The number of carbonyl (C=O) groups is 1. The van der Waals surface area contributed by atoms with Gasteiger partial charge in [0.05, 0.1) is 12.5 Å². The average Bonchev–Trinajstić information content (AvgIpc) is 2.61. The SMILES string of the molecule is CCO[C@H](CC(=O)NO)[C@H](Cc1ccc(Cl)cc1)c1ccc(Cl)cc1. The van der Waals surface area contributed by atoms with Crippen molar-refractivity contribution in [2.24, 2.45) is 0 Å². The van der Waals surface area contributed by atoms with E-state index in [2.05, 4.69) is 0 Å². The van der Waals surface area contributed by atoms with Crippen LogP contribution in [-0.2, 0) is 16.0 Å². The van der Waals surface area contributed by atoms with E-state index < -0.39 is 5.91 Å². The van der Waals surface area contributed by atoms with Crippen molar-refractivity contribution < 1.29 is 14.7 Å². The monoisotopic (exact) mass is 381 g/mol. The van der Waals surface area contributed by atoms with Gasteiger partial charge in [0.25, 0.3) is 0 Å². The quantitative estimate of drug-likeness (QED) is 0.517. The maximum absolute atomic E-state index is 11.7. The molecule has 2 rings (SSSR count). The van der Waals surface area contributed by atoms with E-state index in [0.29, 0.717) is 23.1 Å². The molecular weight excluding hydrogens is 361 g/mol. The fourth-order valence-corrected chi connectivity index (χ4v) is 3.06. The van der Waals surface area contributed by atoms with Gasteiger partial charge in [0.15, 0.2) is 0 Å². The molecule has 0 bridgehead atoms. The van der Waals surface area contributed by atoms with Crippen LogP contribution >= 0.6 is 23.2 Å². The highest BCUT2D eigenvalue weighted by molar-refractivity contribution is 6.30. The van der Waals surface area contributed by atoms with Crippen LogP contribution in [0.1, 0.15) is 30.4 Å². The number of benzene rings is 2. The first-order valence-corrected chi connectivity index (χ1v) is 8.83. The largest absolute Gasteiger partial charge is 0.377 e. The molecule has 0 spiro atoms. The Labute approximate surface area is 157 Å². The lowest BCUT2D eigenvalue weighted by molar-refractivity contribution is -0.132. The van der Waals surface area contributed by atoms with E-state index in [4.69, 9.17) is 33.1 Å². The molecule has 6 heteroatoms. The Bertz CT molecular complexity index is 674. The Kier molecular flexibility index (Phi) is 7.72. The molecule has 0 saturated heterocycles. The third-order valence-electron chi connectivity index (χ3n) is 4.01. The molecule has 2 atom stereocenters. The number of hydrogen-bond acceptors (Lipinski definition) is 3. The molecule has 2 aromatic rings. The van der Waals surface area contributed by atoms with Crippen LogP contribution in [0.3, 0.4) is 0 Å². The molecule has 0 aliphatic carbocycles. The Morgan fingerprint density at radius 1 is 1.08 bits per heavy atom. The molecule has 0 aromatic heterocycles. The van der Waals surface area contributed by atoms with Crippen LogP contribution in [0.2, 0.25) is 10.0 Å². The summed E-state index contributed by atoms with van der Waals surface area (Å²) in [5.74, 6) is -0.552. The van der Waals surface area contributed by atoms with Crippen LogP contribution < -0.4 is 5.48 Å². The van der Waals surface area contributed by atoms with Crippen LogP contribution in [0.25, 0.3) is 0 Å². The van der Waals surface area contributed by atoms with Crippen molar-refractivity contribution in [1.82, 2.24) is 5.48 Å². The van der Waals surface area contributed by atoms with Crippen LogP contribution in [0.4, 0.5) is 0 Å². The van der Waals surface area contributed by atoms with Gasteiger partial charge < -0.3 is 4.74 Å². The van der Waals surface area contributed by atoms with Gasteiger partial charge in [0, 0.05) is 22.6 Å². The number of hydroxylamine groups is 1. The van der Waals surface area contributed by atoms with Gasteiger partial charge in [0.1, 0.15) is 0 Å². The van der Waals surface area contributed by atoms with Gasteiger partial charge in [-0.25, -0.2) is 5.48 Å². The average molecular weight is 382 g/mol. The molecule has 0 heterocycles. The molecule has 1 amide bonds. The Hall–Kier alpha value is -1.59. The molecule has 0 fully saturated rings. The maximum atomic E-state index is 11.7. The van der Waals surface area contributed by atoms with Crippen molar-refractivity contribution in [3.05, 3.63) is 69.7 Å². The lowest BCUT2D eigenvalue weighted by Gasteiger charge is -2.27. The van der Waals surface area contributed by atoms with Gasteiger partial charge in [0.2, 0.25) is 5.91 Å². The standard InChI is InChI=1S/C19H21Cl2NO3/c1-2-25-18(12-19(23)22-24)17(14-5-9-16(21)10-6-14)11-13-3-7-15(20)8-4-13/h3-10,17-18,24H,2,11-12H2,1H3,(H,22,23)/t17-,18-/m1/s1. The van der Waals surface area contributed by atoms with Crippen molar-refractivity contribution >= 4 is 29.1 Å². The van der Waals surface area contributed by atoms with E-state index in [9.17, 15) is 4.79 Å². The van der Waals surface area contributed by atoms with Crippen LogP contribution in [0.15, 0.2) is 48.5 Å². The fourth-order valence-electron chi connectivity index (χ4n) is 2.81. The molecule has 0 aliphatic rings. The van der Waals surface area contributed by atoms with E-state index in [0.717, 1.165) is 11.1 Å². The Morgan fingerprint density at radius 3 is 2.16 bits per heavy atom. The lowest BCUT2D eigenvalue weighted by Crippen LogP contribution is -2.31. The number of halogens is 2. The second kappa shape index (κ2) is 9.78. The van der Waals surface area contributed by atoms with Crippen LogP contribution in [0.5, 0.6) is 0 Å². The number of carbonyl (C=O) groups excluding carboxylic acids is 1. The molecule has 0 unspecified atom stereocenters. The molecular formula is C19H21Cl2NO3. The highest BCUT2D eigenvalue weighted by Gasteiger charge is 2.26. The topological polar surface area (TPSA) is 58.6 Å². The van der Waals surface area contributed by atoms with Gasteiger partial charge in [-0.1, -0.05) is 47.5 Å². The van der Waals surface area contributed by atoms with Crippen molar-refractivity contribution in [2.45, 2.75) is 31.8 Å². The summed E-state index contributed by atoms with van der Waals surface area (Å²) in [5.41, 5.74) is 3.78. The molecule has 2 N–H and O–H groups in total.